The molecule has 0 aliphatic carbocycles. The fraction of sp³-hybridized carbons (Fsp3) is 0.625. The molecule has 2 aromatic heterocycles. The highest BCUT2D eigenvalue weighted by atomic mass is 16.6. The fourth-order valence-corrected chi connectivity index (χ4v) is 2.15. The van der Waals surface area contributed by atoms with Crippen LogP contribution < -0.4 is 11.3 Å². The zero-order valence-electron chi connectivity index (χ0n) is 16.0. The quantitative estimate of drug-likeness (QED) is 0.236. The molecule has 29 heavy (non-hydrogen) atoms. The van der Waals surface area contributed by atoms with Crippen LogP contribution in [0.25, 0.3) is 11.2 Å². The van der Waals surface area contributed by atoms with Crippen LogP contribution in [-0.2, 0) is 35.2 Å². The first-order chi connectivity index (χ1) is 14.0. The average Bonchev–Trinajstić information content (AvgIpc) is 3.10. The molecule has 0 aromatic carbocycles. The van der Waals surface area contributed by atoms with Gasteiger partial charge >= 0.3 is 5.97 Å². The molecule has 0 fully saturated rings. The van der Waals surface area contributed by atoms with Crippen LogP contribution in [0.3, 0.4) is 0 Å². The summed E-state index contributed by atoms with van der Waals surface area (Å²) in [5.41, 5.74) is 5.40. The number of rotatable bonds is 14. The van der Waals surface area contributed by atoms with Gasteiger partial charge in [0.15, 0.2) is 11.2 Å². The molecule has 0 spiro atoms. The Hall–Kier alpha value is -2.58. The van der Waals surface area contributed by atoms with Crippen molar-refractivity contribution in [2.24, 2.45) is 0 Å². The number of hydrogen-bond donors (Lipinski definition) is 3. The third kappa shape index (κ3) is 7.40. The van der Waals surface area contributed by atoms with Crippen LogP contribution in [0.2, 0.25) is 0 Å². The van der Waals surface area contributed by atoms with Gasteiger partial charge in [0, 0.05) is 7.11 Å². The van der Waals surface area contributed by atoms with Crippen LogP contribution in [0.15, 0.2) is 11.1 Å². The summed E-state index contributed by atoms with van der Waals surface area (Å²) in [6, 6.07) is 0. The lowest BCUT2D eigenvalue weighted by Crippen LogP contribution is -2.28. The Kier molecular flexibility index (Phi) is 9.46. The van der Waals surface area contributed by atoms with Crippen molar-refractivity contribution in [1.29, 1.82) is 0 Å². The Morgan fingerprint density at radius 1 is 1.31 bits per heavy atom. The second kappa shape index (κ2) is 12.1. The molecular formula is C16H25N5O8. The normalized spacial score (nSPS) is 12.3. The number of aromatic amines is 1. The molecule has 0 saturated heterocycles. The Morgan fingerprint density at radius 2 is 2.07 bits per heavy atom. The Morgan fingerprint density at radius 3 is 2.83 bits per heavy atom. The summed E-state index contributed by atoms with van der Waals surface area (Å²) in [4.78, 5) is 33.7. The van der Waals surface area contributed by atoms with E-state index in [9.17, 15) is 14.7 Å². The second-order valence-electron chi connectivity index (χ2n) is 5.78. The summed E-state index contributed by atoms with van der Waals surface area (Å²) in [5, 5.41) is 9.40. The molecule has 0 saturated carbocycles. The standard InChI is InChI=1S/C16H25N5O8/c1-25-2-3-26-4-5-27-8-12(23)28-7-11(6-22)29-10-21-9-18-13-14(21)19-16(17)20-15(13)24/h9,11,22H,2-8,10H2,1H3,(H3,17,19,20,24). The number of aliphatic hydroxyl groups is 1. The van der Waals surface area contributed by atoms with E-state index in [2.05, 4.69) is 15.0 Å². The van der Waals surface area contributed by atoms with E-state index in [-0.39, 0.29) is 50.3 Å². The van der Waals surface area contributed by atoms with E-state index in [1.165, 1.54) is 10.9 Å². The van der Waals surface area contributed by atoms with Crippen molar-refractivity contribution < 1.29 is 33.6 Å². The van der Waals surface area contributed by atoms with Crippen molar-refractivity contribution in [1.82, 2.24) is 19.5 Å². The number of anilines is 1. The van der Waals surface area contributed by atoms with Crippen LogP contribution in [0.5, 0.6) is 0 Å². The molecule has 1 atom stereocenters. The van der Waals surface area contributed by atoms with E-state index >= 15 is 0 Å². The number of nitrogens with zero attached hydrogens (tertiary/aromatic N) is 3. The van der Waals surface area contributed by atoms with Crippen molar-refractivity contribution in [3.05, 3.63) is 16.7 Å². The topological polar surface area (TPSA) is 173 Å². The van der Waals surface area contributed by atoms with Gasteiger partial charge in [-0.05, 0) is 0 Å². The smallest absolute Gasteiger partial charge is 0.332 e. The minimum Gasteiger partial charge on any atom is -0.461 e. The van der Waals surface area contributed by atoms with Crippen molar-refractivity contribution in [2.45, 2.75) is 12.8 Å². The maximum atomic E-state index is 11.7. The van der Waals surface area contributed by atoms with E-state index in [1.54, 1.807) is 7.11 Å². The fourth-order valence-electron chi connectivity index (χ4n) is 2.15. The number of aromatic nitrogens is 4. The largest absolute Gasteiger partial charge is 0.461 e. The van der Waals surface area contributed by atoms with Crippen molar-refractivity contribution in [3.8, 4) is 0 Å². The number of carbonyl (C=O) groups is 1. The van der Waals surface area contributed by atoms with Crippen LogP contribution in [0.4, 0.5) is 5.95 Å². The minimum absolute atomic E-state index is 0.0546. The molecule has 2 rings (SSSR count). The first kappa shape index (κ1) is 22.7. The van der Waals surface area contributed by atoms with Gasteiger partial charge in [-0.15, -0.1) is 0 Å². The van der Waals surface area contributed by atoms with Gasteiger partial charge in [-0.3, -0.25) is 14.3 Å². The van der Waals surface area contributed by atoms with Gasteiger partial charge < -0.3 is 34.5 Å². The number of H-pyrrole nitrogens is 1. The summed E-state index contributed by atoms with van der Waals surface area (Å²) in [7, 11) is 1.57. The summed E-state index contributed by atoms with van der Waals surface area (Å²) >= 11 is 0. The highest BCUT2D eigenvalue weighted by Gasteiger charge is 2.14. The average molecular weight is 415 g/mol. The molecular weight excluding hydrogens is 390 g/mol. The number of fused-ring (bicyclic) bond motifs is 1. The Bertz CT molecular complexity index is 823. The van der Waals surface area contributed by atoms with Gasteiger partial charge in [0.1, 0.15) is 26.0 Å². The number of hydrogen-bond acceptors (Lipinski definition) is 11. The molecule has 4 N–H and O–H groups in total. The molecule has 0 bridgehead atoms. The number of nitrogens with one attached hydrogen (secondary N) is 1. The molecule has 0 radical (unpaired) electrons. The Labute approximate surface area is 165 Å². The summed E-state index contributed by atoms with van der Waals surface area (Å²) in [6.45, 7) is 0.618. The van der Waals surface area contributed by atoms with Crippen LogP contribution in [-0.4, -0.2) is 90.1 Å². The van der Waals surface area contributed by atoms with Gasteiger partial charge in [-0.1, -0.05) is 0 Å². The van der Waals surface area contributed by atoms with Crippen molar-refractivity contribution in [3.63, 3.8) is 0 Å². The number of nitrogen functional groups attached to an aromatic ring is 1. The monoisotopic (exact) mass is 415 g/mol. The lowest BCUT2D eigenvalue weighted by Gasteiger charge is -2.16. The second-order valence-corrected chi connectivity index (χ2v) is 5.78. The predicted octanol–water partition coefficient (Wildman–Crippen LogP) is -1.74. The molecule has 13 heteroatoms. The minimum atomic E-state index is -0.784. The SMILES string of the molecule is COCCOCCOCC(=O)OCC(CO)OCn1cnc2c(=O)[nH]c(N)nc21. The molecule has 162 valence electrons. The number of esters is 1. The molecule has 0 amide bonds. The molecule has 0 aliphatic heterocycles. The van der Waals surface area contributed by atoms with Gasteiger partial charge in [-0.2, -0.15) is 4.98 Å². The van der Waals surface area contributed by atoms with Crippen molar-refractivity contribution in [2.75, 3.05) is 59.1 Å². The number of nitrogens with two attached hydrogens (primary N) is 1. The van der Waals surface area contributed by atoms with Gasteiger partial charge in [-0.25, -0.2) is 9.78 Å². The molecule has 0 aliphatic rings. The predicted molar refractivity (Wildman–Crippen MR) is 99.0 cm³/mol. The highest BCUT2D eigenvalue weighted by Crippen LogP contribution is 2.07. The molecule has 1 unspecified atom stereocenters. The number of ether oxygens (including phenoxy) is 5. The van der Waals surface area contributed by atoms with Crippen LogP contribution in [0, 0.1) is 0 Å². The lowest BCUT2D eigenvalue weighted by molar-refractivity contribution is -0.156. The number of imidazole rings is 1. The zero-order valence-corrected chi connectivity index (χ0v) is 16.0. The van der Waals surface area contributed by atoms with Gasteiger partial charge in [0.05, 0.1) is 39.4 Å². The van der Waals surface area contributed by atoms with E-state index in [0.717, 1.165) is 0 Å². The summed E-state index contributed by atoms with van der Waals surface area (Å²) < 4.78 is 27.1. The number of aliphatic hydroxyl groups excluding tert-OH is 1. The van der Waals surface area contributed by atoms with Crippen molar-refractivity contribution >= 4 is 23.1 Å². The molecule has 2 heterocycles. The summed E-state index contributed by atoms with van der Waals surface area (Å²) in [6.07, 6.45) is 0.572. The van der Waals surface area contributed by atoms with Crippen LogP contribution in [0.1, 0.15) is 0 Å². The molecule has 13 nitrogen and oxygen atoms in total. The van der Waals surface area contributed by atoms with Gasteiger partial charge in [0.2, 0.25) is 5.95 Å². The van der Waals surface area contributed by atoms with Crippen LogP contribution >= 0.6 is 0 Å². The van der Waals surface area contributed by atoms with Gasteiger partial charge in [0.25, 0.3) is 5.56 Å². The Balaban J connectivity index is 1.70. The maximum absolute atomic E-state index is 11.7. The molecule has 2 aromatic rings. The maximum Gasteiger partial charge on any atom is 0.332 e. The van der Waals surface area contributed by atoms with E-state index < -0.39 is 17.6 Å². The van der Waals surface area contributed by atoms with E-state index in [1.807, 2.05) is 0 Å². The number of carbonyl (C=O) groups excluding carboxylic acids is 1. The highest BCUT2D eigenvalue weighted by molar-refractivity contribution is 5.71. The third-order valence-electron chi connectivity index (χ3n) is 3.60. The zero-order chi connectivity index (χ0) is 21.1. The number of methoxy groups -OCH3 is 1. The summed E-state index contributed by atoms with van der Waals surface area (Å²) in [5.74, 6) is -0.654. The van der Waals surface area contributed by atoms with E-state index in [4.69, 9.17) is 29.4 Å². The third-order valence-corrected chi connectivity index (χ3v) is 3.60. The first-order valence-corrected chi connectivity index (χ1v) is 8.78. The first-order valence-electron chi connectivity index (χ1n) is 8.78. The lowest BCUT2D eigenvalue weighted by atomic mass is 10.4. The van der Waals surface area contributed by atoms with E-state index in [0.29, 0.717) is 19.8 Å².